The summed E-state index contributed by atoms with van der Waals surface area (Å²) in [5.74, 6) is 0. The van der Waals surface area contributed by atoms with Gasteiger partial charge < -0.3 is 4.42 Å². The Balaban J connectivity index is 1.85. The molecule has 3 rings (SSSR count). The number of nitrogens with zero attached hydrogens (tertiary/aromatic N) is 1. The maximum absolute atomic E-state index is 13.0. The van der Waals surface area contributed by atoms with Crippen molar-refractivity contribution in [3.63, 3.8) is 0 Å². The van der Waals surface area contributed by atoms with E-state index in [9.17, 15) is 8.42 Å². The van der Waals surface area contributed by atoms with Crippen LogP contribution in [0.3, 0.4) is 0 Å². The number of hydrogen-bond donors (Lipinski definition) is 0. The third-order valence-electron chi connectivity index (χ3n) is 3.58. The summed E-state index contributed by atoms with van der Waals surface area (Å²) in [5, 5.41) is 2.00. The van der Waals surface area contributed by atoms with Gasteiger partial charge in [-0.25, -0.2) is 8.42 Å². The minimum atomic E-state index is -3.57. The van der Waals surface area contributed by atoms with Crippen LogP contribution in [0.15, 0.2) is 74.2 Å². The second kappa shape index (κ2) is 7.65. The van der Waals surface area contributed by atoms with E-state index in [1.807, 2.05) is 17.5 Å². The lowest BCUT2D eigenvalue weighted by atomic mass is 10.3. The zero-order chi connectivity index (χ0) is 17.0. The summed E-state index contributed by atoms with van der Waals surface area (Å²) >= 11 is 4.97. The third kappa shape index (κ3) is 4.16. The van der Waals surface area contributed by atoms with Crippen LogP contribution >= 0.6 is 27.3 Å². The topological polar surface area (TPSA) is 50.5 Å². The average molecular weight is 426 g/mol. The fraction of sp³-hybridized carbons (Fsp3) is 0.176. The van der Waals surface area contributed by atoms with Crippen molar-refractivity contribution in [2.45, 2.75) is 17.9 Å². The zero-order valence-corrected chi connectivity index (χ0v) is 16.0. The van der Waals surface area contributed by atoms with E-state index in [4.69, 9.17) is 4.42 Å². The molecular weight excluding hydrogens is 410 g/mol. The molecule has 0 aliphatic carbocycles. The normalized spacial score (nSPS) is 11.9. The van der Waals surface area contributed by atoms with Crippen molar-refractivity contribution in [1.82, 2.24) is 4.31 Å². The molecule has 24 heavy (non-hydrogen) atoms. The van der Waals surface area contributed by atoms with E-state index in [0.29, 0.717) is 24.4 Å². The molecule has 0 saturated heterocycles. The molecule has 0 unspecified atom stereocenters. The fourth-order valence-corrected chi connectivity index (χ4v) is 4.71. The lowest BCUT2D eigenvalue weighted by molar-refractivity contribution is 0.408. The number of benzene rings is 1. The number of sulfonamides is 1. The average Bonchev–Trinajstić information content (AvgIpc) is 3.25. The van der Waals surface area contributed by atoms with Crippen molar-refractivity contribution in [1.29, 1.82) is 0 Å². The molecule has 0 fully saturated rings. The molecule has 0 atom stereocenters. The molecule has 2 aromatic heterocycles. The number of thiophene rings is 1. The zero-order valence-electron chi connectivity index (χ0n) is 12.8. The number of furan rings is 1. The Morgan fingerprint density at radius 2 is 1.92 bits per heavy atom. The highest BCUT2D eigenvalue weighted by atomic mass is 79.9. The molecule has 1 aromatic carbocycles. The van der Waals surface area contributed by atoms with Gasteiger partial charge in [-0.2, -0.15) is 4.31 Å². The van der Waals surface area contributed by atoms with Crippen LogP contribution in [0.5, 0.6) is 0 Å². The molecule has 126 valence electrons. The molecule has 0 spiro atoms. The van der Waals surface area contributed by atoms with E-state index in [2.05, 4.69) is 15.9 Å². The Kier molecular flexibility index (Phi) is 5.55. The summed E-state index contributed by atoms with van der Waals surface area (Å²) < 4.78 is 33.4. The maximum Gasteiger partial charge on any atom is 0.243 e. The van der Waals surface area contributed by atoms with Gasteiger partial charge in [-0.05, 0) is 48.2 Å². The van der Waals surface area contributed by atoms with E-state index in [1.165, 1.54) is 4.31 Å². The second-order valence-corrected chi connectivity index (χ2v) is 9.14. The summed E-state index contributed by atoms with van der Waals surface area (Å²) in [4.78, 5) is 1.46. The van der Waals surface area contributed by atoms with Crippen LogP contribution in [0.2, 0.25) is 0 Å². The first-order valence-corrected chi connectivity index (χ1v) is 10.5. The summed E-state index contributed by atoms with van der Waals surface area (Å²) in [6.07, 6.45) is 3.82. The predicted molar refractivity (Wildman–Crippen MR) is 98.5 cm³/mol. The van der Waals surface area contributed by atoms with Crippen LogP contribution < -0.4 is 0 Å². The molecule has 0 radical (unpaired) electrons. The predicted octanol–water partition coefficient (Wildman–Crippen LogP) is 4.54. The monoisotopic (exact) mass is 425 g/mol. The SMILES string of the molecule is O=S(=O)(c1ccc(Br)cc1)N(CCc1cccs1)Cc1ccoc1. The van der Waals surface area contributed by atoms with Crippen LogP contribution in [0, 0.1) is 0 Å². The van der Waals surface area contributed by atoms with Gasteiger partial charge in [-0.15, -0.1) is 11.3 Å². The largest absolute Gasteiger partial charge is 0.472 e. The Hall–Kier alpha value is -1.41. The van der Waals surface area contributed by atoms with E-state index >= 15 is 0 Å². The Labute approximate surface area is 153 Å². The highest BCUT2D eigenvalue weighted by molar-refractivity contribution is 9.10. The van der Waals surface area contributed by atoms with Crippen molar-refractivity contribution < 1.29 is 12.8 Å². The molecule has 7 heteroatoms. The smallest absolute Gasteiger partial charge is 0.243 e. The van der Waals surface area contributed by atoms with Crippen molar-refractivity contribution in [3.8, 4) is 0 Å². The van der Waals surface area contributed by atoms with Gasteiger partial charge in [0.2, 0.25) is 10.0 Å². The van der Waals surface area contributed by atoms with Crippen LogP contribution in [0.25, 0.3) is 0 Å². The van der Waals surface area contributed by atoms with Crippen LogP contribution in [-0.4, -0.2) is 19.3 Å². The summed E-state index contributed by atoms with van der Waals surface area (Å²) in [5.41, 5.74) is 0.835. The van der Waals surface area contributed by atoms with Crippen molar-refractivity contribution in [2.75, 3.05) is 6.54 Å². The van der Waals surface area contributed by atoms with E-state index in [0.717, 1.165) is 14.9 Å². The first kappa shape index (κ1) is 17.4. The van der Waals surface area contributed by atoms with E-state index in [1.54, 1.807) is 54.2 Å². The Morgan fingerprint density at radius 3 is 2.54 bits per heavy atom. The minimum Gasteiger partial charge on any atom is -0.472 e. The van der Waals surface area contributed by atoms with Gasteiger partial charge in [-0.1, -0.05) is 22.0 Å². The molecule has 2 heterocycles. The fourth-order valence-electron chi connectivity index (χ4n) is 2.32. The molecule has 0 amide bonds. The molecule has 0 aliphatic rings. The highest BCUT2D eigenvalue weighted by Crippen LogP contribution is 2.22. The van der Waals surface area contributed by atoms with Gasteiger partial charge in [0.05, 0.1) is 17.4 Å². The summed E-state index contributed by atoms with van der Waals surface area (Å²) in [6.45, 7) is 0.713. The molecule has 0 aliphatic heterocycles. The Bertz CT molecular complexity index is 857. The van der Waals surface area contributed by atoms with E-state index in [-0.39, 0.29) is 0 Å². The quantitative estimate of drug-likeness (QED) is 0.558. The van der Waals surface area contributed by atoms with Gasteiger partial charge in [0.25, 0.3) is 0 Å². The second-order valence-electron chi connectivity index (χ2n) is 5.25. The first-order chi connectivity index (χ1) is 11.6. The highest BCUT2D eigenvalue weighted by Gasteiger charge is 2.25. The summed E-state index contributed by atoms with van der Waals surface area (Å²) in [7, 11) is -3.57. The van der Waals surface area contributed by atoms with Crippen molar-refractivity contribution in [2.24, 2.45) is 0 Å². The van der Waals surface area contributed by atoms with Gasteiger partial charge in [-0.3, -0.25) is 0 Å². The first-order valence-electron chi connectivity index (χ1n) is 7.35. The van der Waals surface area contributed by atoms with Crippen LogP contribution in [-0.2, 0) is 23.0 Å². The molecule has 0 bridgehead atoms. The van der Waals surface area contributed by atoms with Crippen LogP contribution in [0.1, 0.15) is 10.4 Å². The van der Waals surface area contributed by atoms with Crippen LogP contribution in [0.4, 0.5) is 0 Å². The lowest BCUT2D eigenvalue weighted by Gasteiger charge is -2.21. The van der Waals surface area contributed by atoms with Gasteiger partial charge in [0.15, 0.2) is 0 Å². The third-order valence-corrected chi connectivity index (χ3v) is 6.90. The van der Waals surface area contributed by atoms with Gasteiger partial charge in [0, 0.05) is 28.0 Å². The standard InChI is InChI=1S/C17H16BrNO3S2/c18-15-3-5-17(6-4-15)24(20,21)19(12-14-8-10-22-13-14)9-7-16-2-1-11-23-16/h1-6,8,10-11,13H,7,9,12H2. The lowest BCUT2D eigenvalue weighted by Crippen LogP contribution is -2.32. The van der Waals surface area contributed by atoms with Crippen molar-refractivity contribution >= 4 is 37.3 Å². The van der Waals surface area contributed by atoms with Gasteiger partial charge in [0.1, 0.15) is 0 Å². The summed E-state index contributed by atoms with van der Waals surface area (Å²) in [6, 6.07) is 12.5. The molecule has 0 saturated carbocycles. The molecule has 0 N–H and O–H groups in total. The Morgan fingerprint density at radius 1 is 1.12 bits per heavy atom. The number of halogens is 1. The van der Waals surface area contributed by atoms with Crippen molar-refractivity contribution in [3.05, 3.63) is 75.3 Å². The molecule has 3 aromatic rings. The van der Waals surface area contributed by atoms with Gasteiger partial charge >= 0.3 is 0 Å². The number of hydrogen-bond acceptors (Lipinski definition) is 4. The molecule has 4 nitrogen and oxygen atoms in total. The minimum absolute atomic E-state index is 0.292. The van der Waals surface area contributed by atoms with E-state index < -0.39 is 10.0 Å². The molecular formula is C17H16BrNO3S2. The number of rotatable bonds is 7. The maximum atomic E-state index is 13.0.